The van der Waals surface area contributed by atoms with E-state index in [-0.39, 0.29) is 0 Å². The van der Waals surface area contributed by atoms with Crippen molar-refractivity contribution in [2.45, 2.75) is 46.2 Å². The number of alkyl halides is 1. The van der Waals surface area contributed by atoms with E-state index in [1.54, 1.807) is 0 Å². The van der Waals surface area contributed by atoms with Crippen molar-refractivity contribution in [3.05, 3.63) is 16.4 Å². The van der Waals surface area contributed by atoms with Crippen molar-refractivity contribution >= 4 is 23.2 Å². The molecule has 1 aromatic rings. The standard InChI is InChI=1S/C13H23Cl2N3/c1-5-11(6-2)18(8-7-14)9-12-13(15)10(3)16-17(12)4/h11H,5-9H2,1-4H3. The third-order valence-corrected chi connectivity index (χ3v) is 4.11. The molecule has 3 nitrogen and oxygen atoms in total. The Hall–Kier alpha value is -0.250. The van der Waals surface area contributed by atoms with E-state index in [1.807, 2.05) is 18.7 Å². The van der Waals surface area contributed by atoms with Crippen LogP contribution >= 0.6 is 23.2 Å². The molecule has 0 fully saturated rings. The lowest BCUT2D eigenvalue weighted by atomic mass is 10.1. The Morgan fingerprint density at radius 3 is 2.33 bits per heavy atom. The number of hydrogen-bond donors (Lipinski definition) is 0. The summed E-state index contributed by atoms with van der Waals surface area (Å²) in [6.07, 6.45) is 2.25. The van der Waals surface area contributed by atoms with Crippen LogP contribution in [-0.2, 0) is 13.6 Å². The molecule has 0 aromatic carbocycles. The Balaban J connectivity index is 2.88. The quantitative estimate of drug-likeness (QED) is 0.716. The van der Waals surface area contributed by atoms with Crippen molar-refractivity contribution in [3.8, 4) is 0 Å². The van der Waals surface area contributed by atoms with Crippen LogP contribution in [-0.4, -0.2) is 33.1 Å². The molecule has 1 rings (SSSR count). The number of halogens is 2. The molecule has 0 amide bonds. The van der Waals surface area contributed by atoms with Gasteiger partial charge in [0.15, 0.2) is 0 Å². The minimum Gasteiger partial charge on any atom is -0.293 e. The van der Waals surface area contributed by atoms with Gasteiger partial charge in [0.1, 0.15) is 0 Å². The van der Waals surface area contributed by atoms with Gasteiger partial charge in [0.2, 0.25) is 0 Å². The maximum absolute atomic E-state index is 6.31. The van der Waals surface area contributed by atoms with Gasteiger partial charge in [-0.05, 0) is 19.8 Å². The van der Waals surface area contributed by atoms with Crippen molar-refractivity contribution in [1.82, 2.24) is 14.7 Å². The van der Waals surface area contributed by atoms with E-state index in [2.05, 4.69) is 23.8 Å². The second kappa shape index (κ2) is 7.37. The highest BCUT2D eigenvalue weighted by Gasteiger charge is 2.19. The van der Waals surface area contributed by atoms with Crippen LogP contribution in [0.3, 0.4) is 0 Å². The monoisotopic (exact) mass is 291 g/mol. The molecule has 0 saturated carbocycles. The highest BCUT2D eigenvalue weighted by Crippen LogP contribution is 2.22. The summed E-state index contributed by atoms with van der Waals surface area (Å²) < 4.78 is 1.88. The van der Waals surface area contributed by atoms with Gasteiger partial charge in [-0.3, -0.25) is 9.58 Å². The summed E-state index contributed by atoms with van der Waals surface area (Å²) >= 11 is 12.2. The van der Waals surface area contributed by atoms with Gasteiger partial charge in [0, 0.05) is 32.1 Å². The lowest BCUT2D eigenvalue weighted by Gasteiger charge is -2.29. The summed E-state index contributed by atoms with van der Waals surface area (Å²) in [5.41, 5.74) is 1.97. The van der Waals surface area contributed by atoms with Crippen LogP contribution < -0.4 is 0 Å². The van der Waals surface area contributed by atoms with Crippen LogP contribution in [0.25, 0.3) is 0 Å². The van der Waals surface area contributed by atoms with Gasteiger partial charge in [0.25, 0.3) is 0 Å². The van der Waals surface area contributed by atoms with E-state index in [0.29, 0.717) is 11.9 Å². The first kappa shape index (κ1) is 15.8. The van der Waals surface area contributed by atoms with Gasteiger partial charge in [-0.25, -0.2) is 0 Å². The fraction of sp³-hybridized carbons (Fsp3) is 0.769. The highest BCUT2D eigenvalue weighted by atomic mass is 35.5. The molecule has 0 aliphatic carbocycles. The van der Waals surface area contributed by atoms with Crippen molar-refractivity contribution in [2.24, 2.45) is 7.05 Å². The molecule has 0 aliphatic rings. The molecule has 0 unspecified atom stereocenters. The Morgan fingerprint density at radius 1 is 1.33 bits per heavy atom. The molecule has 1 aromatic heterocycles. The van der Waals surface area contributed by atoms with Crippen LogP contribution in [0.5, 0.6) is 0 Å². The van der Waals surface area contributed by atoms with Crippen LogP contribution in [0, 0.1) is 6.92 Å². The average Bonchev–Trinajstić information content (AvgIpc) is 2.57. The number of hydrogen-bond acceptors (Lipinski definition) is 2. The lowest BCUT2D eigenvalue weighted by molar-refractivity contribution is 0.183. The van der Waals surface area contributed by atoms with Gasteiger partial charge >= 0.3 is 0 Å². The molecule has 5 heteroatoms. The minimum absolute atomic E-state index is 0.551. The number of aromatic nitrogens is 2. The van der Waals surface area contributed by atoms with Crippen molar-refractivity contribution in [1.29, 1.82) is 0 Å². The first-order valence-corrected chi connectivity index (χ1v) is 7.44. The van der Waals surface area contributed by atoms with Crippen LogP contribution in [0.2, 0.25) is 5.02 Å². The van der Waals surface area contributed by atoms with Crippen LogP contribution in [0.1, 0.15) is 38.1 Å². The number of aryl methyl sites for hydroxylation is 2. The second-order valence-corrected chi connectivity index (χ2v) is 5.36. The van der Waals surface area contributed by atoms with Gasteiger partial charge in [-0.15, -0.1) is 11.6 Å². The van der Waals surface area contributed by atoms with E-state index in [9.17, 15) is 0 Å². The molecule has 18 heavy (non-hydrogen) atoms. The highest BCUT2D eigenvalue weighted by molar-refractivity contribution is 6.31. The van der Waals surface area contributed by atoms with E-state index < -0.39 is 0 Å². The number of rotatable bonds is 7. The van der Waals surface area contributed by atoms with E-state index in [0.717, 1.165) is 42.3 Å². The van der Waals surface area contributed by atoms with Crippen molar-refractivity contribution in [3.63, 3.8) is 0 Å². The molecule has 0 spiro atoms. The maximum Gasteiger partial charge on any atom is 0.0860 e. The zero-order valence-electron chi connectivity index (χ0n) is 11.7. The molecule has 0 N–H and O–H groups in total. The molecule has 0 radical (unpaired) electrons. The van der Waals surface area contributed by atoms with Crippen LogP contribution in [0.15, 0.2) is 0 Å². The Kier molecular flexibility index (Phi) is 6.47. The normalized spacial score (nSPS) is 11.8. The van der Waals surface area contributed by atoms with Gasteiger partial charge < -0.3 is 0 Å². The van der Waals surface area contributed by atoms with Gasteiger partial charge in [-0.2, -0.15) is 5.10 Å². The second-order valence-electron chi connectivity index (χ2n) is 4.60. The van der Waals surface area contributed by atoms with E-state index in [4.69, 9.17) is 23.2 Å². The van der Waals surface area contributed by atoms with Gasteiger partial charge in [-0.1, -0.05) is 25.4 Å². The largest absolute Gasteiger partial charge is 0.293 e. The zero-order chi connectivity index (χ0) is 13.7. The Bertz CT molecular complexity index is 373. The molecule has 0 saturated heterocycles. The summed E-state index contributed by atoms with van der Waals surface area (Å²) in [7, 11) is 1.94. The molecule has 1 heterocycles. The molecular formula is C13H23Cl2N3. The fourth-order valence-corrected chi connectivity index (χ4v) is 2.79. The molecule has 0 atom stereocenters. The third kappa shape index (κ3) is 3.62. The fourth-order valence-electron chi connectivity index (χ4n) is 2.35. The van der Waals surface area contributed by atoms with E-state index >= 15 is 0 Å². The average molecular weight is 292 g/mol. The SMILES string of the molecule is CCC(CC)N(CCCl)Cc1c(Cl)c(C)nn1C. The Morgan fingerprint density at radius 2 is 1.94 bits per heavy atom. The predicted molar refractivity (Wildman–Crippen MR) is 78.5 cm³/mol. The first-order chi connectivity index (χ1) is 8.54. The third-order valence-electron chi connectivity index (χ3n) is 3.45. The molecule has 0 bridgehead atoms. The molecule has 0 aliphatic heterocycles. The van der Waals surface area contributed by atoms with Crippen molar-refractivity contribution < 1.29 is 0 Å². The summed E-state index contributed by atoms with van der Waals surface area (Å²) in [4.78, 5) is 2.40. The van der Waals surface area contributed by atoms with Crippen LogP contribution in [0.4, 0.5) is 0 Å². The van der Waals surface area contributed by atoms with Gasteiger partial charge in [0.05, 0.1) is 16.4 Å². The number of nitrogens with zero attached hydrogens (tertiary/aromatic N) is 3. The molecule has 104 valence electrons. The summed E-state index contributed by atoms with van der Waals surface area (Å²) in [5.74, 6) is 0.644. The summed E-state index contributed by atoms with van der Waals surface area (Å²) in [5, 5.41) is 5.14. The first-order valence-electron chi connectivity index (χ1n) is 6.53. The maximum atomic E-state index is 6.31. The minimum atomic E-state index is 0.551. The Labute approximate surface area is 120 Å². The van der Waals surface area contributed by atoms with Crippen molar-refractivity contribution in [2.75, 3.05) is 12.4 Å². The predicted octanol–water partition coefficient (Wildman–Crippen LogP) is 3.61. The zero-order valence-corrected chi connectivity index (χ0v) is 13.2. The summed E-state index contributed by atoms with van der Waals surface area (Å²) in [6.45, 7) is 8.07. The molecular weight excluding hydrogens is 269 g/mol. The lowest BCUT2D eigenvalue weighted by Crippen LogP contribution is -2.36. The smallest absolute Gasteiger partial charge is 0.0860 e. The summed E-state index contributed by atoms with van der Waals surface area (Å²) in [6, 6.07) is 0.551. The van der Waals surface area contributed by atoms with E-state index in [1.165, 1.54) is 0 Å². The topological polar surface area (TPSA) is 21.1 Å².